The zero-order valence-corrected chi connectivity index (χ0v) is 19.6. The molecule has 4 aliphatic carbocycles. The van der Waals surface area contributed by atoms with Gasteiger partial charge in [0.15, 0.2) is 5.78 Å². The zero-order valence-electron chi connectivity index (χ0n) is 18.8. The van der Waals surface area contributed by atoms with Crippen molar-refractivity contribution < 1.29 is 14.7 Å². The van der Waals surface area contributed by atoms with E-state index >= 15 is 0 Å². The van der Waals surface area contributed by atoms with Crippen molar-refractivity contribution in [3.8, 4) is 0 Å². The van der Waals surface area contributed by atoms with Crippen molar-refractivity contribution in [1.82, 2.24) is 0 Å². The molecule has 4 rings (SSSR count). The van der Waals surface area contributed by atoms with Crippen molar-refractivity contribution in [1.29, 1.82) is 0 Å². The monoisotopic (exact) mass is 418 g/mol. The first-order chi connectivity index (χ1) is 13.6. The Kier molecular flexibility index (Phi) is 5.38. The summed E-state index contributed by atoms with van der Waals surface area (Å²) < 4.78 is 0. The van der Waals surface area contributed by atoms with Crippen molar-refractivity contribution in [3.05, 3.63) is 11.6 Å². The Morgan fingerprint density at radius 2 is 1.90 bits per heavy atom. The van der Waals surface area contributed by atoms with E-state index in [0.29, 0.717) is 23.4 Å². The molecule has 4 heteroatoms. The first-order valence-electron chi connectivity index (χ1n) is 11.6. The molecule has 8 unspecified atom stereocenters. The van der Waals surface area contributed by atoms with Gasteiger partial charge in [-0.1, -0.05) is 40.2 Å². The number of hydrogen-bond donors (Lipinski definition) is 1. The summed E-state index contributed by atoms with van der Waals surface area (Å²) in [4.78, 5) is 26.5. The van der Waals surface area contributed by atoms with Crippen LogP contribution >= 0.6 is 11.8 Å². The Labute approximate surface area is 180 Å². The summed E-state index contributed by atoms with van der Waals surface area (Å²) in [6, 6.07) is 0. The molecular formula is C25H38O3S. The van der Waals surface area contributed by atoms with Gasteiger partial charge >= 0.3 is 0 Å². The lowest BCUT2D eigenvalue weighted by atomic mass is 9.42. The molecule has 0 saturated heterocycles. The second kappa shape index (κ2) is 7.22. The predicted molar refractivity (Wildman–Crippen MR) is 119 cm³/mol. The van der Waals surface area contributed by atoms with E-state index in [1.807, 2.05) is 6.08 Å². The number of Topliss-reactive ketones (excluding diaryl/α,β-unsaturated/α-hetero) is 1. The van der Waals surface area contributed by atoms with Crippen LogP contribution in [0.3, 0.4) is 0 Å². The van der Waals surface area contributed by atoms with E-state index in [0.717, 1.165) is 44.3 Å². The minimum Gasteiger partial charge on any atom is -0.393 e. The van der Waals surface area contributed by atoms with E-state index in [1.165, 1.54) is 5.57 Å². The Bertz CT molecular complexity index is 744. The third kappa shape index (κ3) is 2.95. The summed E-state index contributed by atoms with van der Waals surface area (Å²) in [7, 11) is 0. The van der Waals surface area contributed by atoms with Gasteiger partial charge in [-0.3, -0.25) is 9.59 Å². The fourth-order valence-corrected chi connectivity index (χ4v) is 8.42. The van der Waals surface area contributed by atoms with Crippen molar-refractivity contribution in [2.24, 2.45) is 39.9 Å². The SMILES string of the molecule is CCSCC(=O)C1CCC2C3=CC(=O)C4(C)CC(C)C(O)CC4(C)C3CCC12C. The van der Waals surface area contributed by atoms with E-state index in [2.05, 4.69) is 34.6 Å². The molecule has 0 spiro atoms. The summed E-state index contributed by atoms with van der Waals surface area (Å²) in [5.74, 6) is 3.33. The summed E-state index contributed by atoms with van der Waals surface area (Å²) in [5, 5.41) is 10.7. The summed E-state index contributed by atoms with van der Waals surface area (Å²) in [6.45, 7) is 10.9. The highest BCUT2D eigenvalue weighted by Crippen LogP contribution is 2.68. The van der Waals surface area contributed by atoms with Crippen LogP contribution in [0.15, 0.2) is 11.6 Å². The Morgan fingerprint density at radius 1 is 1.17 bits per heavy atom. The standard InChI is InChI=1S/C25H38O3S/c1-6-29-14-21(27)19-8-7-17-16-11-22(28)25(5)12-15(2)20(26)13-24(25,4)18(16)9-10-23(17,19)3/h11,15,17-20,26H,6-10,12-14H2,1-5H3. The minimum atomic E-state index is -0.376. The number of allylic oxidation sites excluding steroid dienone is 2. The lowest BCUT2D eigenvalue weighted by molar-refractivity contribution is -0.155. The zero-order chi connectivity index (χ0) is 21.2. The molecule has 0 heterocycles. The number of ketones is 2. The van der Waals surface area contributed by atoms with Crippen molar-refractivity contribution in [2.45, 2.75) is 79.2 Å². The highest BCUT2D eigenvalue weighted by molar-refractivity contribution is 7.99. The topological polar surface area (TPSA) is 54.4 Å². The Hall–Kier alpha value is -0.610. The van der Waals surface area contributed by atoms with Gasteiger partial charge in [0.1, 0.15) is 5.78 Å². The highest BCUT2D eigenvalue weighted by atomic mass is 32.2. The number of carbonyl (C=O) groups excluding carboxylic acids is 2. The van der Waals surface area contributed by atoms with Crippen LogP contribution < -0.4 is 0 Å². The normalized spacial score (nSPS) is 49.1. The van der Waals surface area contributed by atoms with Crippen LogP contribution in [0.2, 0.25) is 0 Å². The van der Waals surface area contributed by atoms with Gasteiger partial charge in [0.2, 0.25) is 0 Å². The van der Waals surface area contributed by atoms with Crippen LogP contribution in [0.5, 0.6) is 0 Å². The molecule has 0 amide bonds. The van der Waals surface area contributed by atoms with Crippen LogP contribution in [0.1, 0.15) is 73.1 Å². The first kappa shape index (κ1) is 21.6. The number of carbonyl (C=O) groups is 2. The maximum Gasteiger partial charge on any atom is 0.162 e. The van der Waals surface area contributed by atoms with Gasteiger partial charge in [-0.15, -0.1) is 0 Å². The highest BCUT2D eigenvalue weighted by Gasteiger charge is 2.64. The van der Waals surface area contributed by atoms with Gasteiger partial charge in [0, 0.05) is 11.3 Å². The third-order valence-electron chi connectivity index (χ3n) is 9.84. The van der Waals surface area contributed by atoms with E-state index in [1.54, 1.807) is 11.8 Å². The van der Waals surface area contributed by atoms with Gasteiger partial charge in [-0.2, -0.15) is 11.8 Å². The predicted octanol–water partition coefficient (Wildman–Crippen LogP) is 5.06. The minimum absolute atomic E-state index is 0.00132. The van der Waals surface area contributed by atoms with Crippen LogP contribution in [0.25, 0.3) is 0 Å². The van der Waals surface area contributed by atoms with Crippen molar-refractivity contribution in [2.75, 3.05) is 11.5 Å². The number of aliphatic hydroxyl groups is 1. The van der Waals surface area contributed by atoms with Crippen molar-refractivity contribution >= 4 is 23.3 Å². The molecule has 3 nitrogen and oxygen atoms in total. The molecule has 4 aliphatic rings. The molecule has 29 heavy (non-hydrogen) atoms. The number of fused-ring (bicyclic) bond motifs is 5. The molecule has 0 radical (unpaired) electrons. The molecule has 3 saturated carbocycles. The Morgan fingerprint density at radius 3 is 2.59 bits per heavy atom. The van der Waals surface area contributed by atoms with Crippen LogP contribution in [-0.2, 0) is 9.59 Å². The largest absolute Gasteiger partial charge is 0.393 e. The van der Waals surface area contributed by atoms with E-state index < -0.39 is 0 Å². The lowest BCUT2D eigenvalue weighted by Gasteiger charge is -2.61. The molecule has 162 valence electrons. The van der Waals surface area contributed by atoms with Gasteiger partial charge in [0.25, 0.3) is 0 Å². The number of hydrogen-bond acceptors (Lipinski definition) is 4. The van der Waals surface area contributed by atoms with Crippen molar-refractivity contribution in [3.63, 3.8) is 0 Å². The Balaban J connectivity index is 1.69. The maximum atomic E-state index is 13.5. The van der Waals surface area contributed by atoms with E-state index in [4.69, 9.17) is 0 Å². The van der Waals surface area contributed by atoms with Gasteiger partial charge < -0.3 is 5.11 Å². The third-order valence-corrected chi connectivity index (χ3v) is 10.7. The van der Waals surface area contributed by atoms with Crippen LogP contribution in [0.4, 0.5) is 0 Å². The second-order valence-electron chi connectivity index (χ2n) is 11.1. The van der Waals surface area contributed by atoms with Crippen LogP contribution in [-0.4, -0.2) is 34.3 Å². The lowest BCUT2D eigenvalue weighted by Crippen LogP contribution is -2.59. The molecular weight excluding hydrogens is 380 g/mol. The molecule has 8 atom stereocenters. The quantitative estimate of drug-likeness (QED) is 0.693. The molecule has 0 bridgehead atoms. The summed E-state index contributed by atoms with van der Waals surface area (Å²) in [5.41, 5.74) is 0.767. The summed E-state index contributed by atoms with van der Waals surface area (Å²) in [6.07, 6.45) is 7.30. The molecule has 0 aromatic rings. The molecule has 3 fully saturated rings. The summed E-state index contributed by atoms with van der Waals surface area (Å²) >= 11 is 1.73. The average Bonchev–Trinajstić information content (AvgIpc) is 3.01. The van der Waals surface area contributed by atoms with Gasteiger partial charge in [0.05, 0.1) is 11.9 Å². The molecule has 0 aromatic heterocycles. The molecule has 0 aromatic carbocycles. The van der Waals surface area contributed by atoms with Gasteiger partial charge in [-0.25, -0.2) is 0 Å². The number of aliphatic hydroxyl groups excluding tert-OH is 1. The first-order valence-corrected chi connectivity index (χ1v) is 12.8. The fourth-order valence-electron chi connectivity index (χ4n) is 7.81. The number of rotatable bonds is 4. The second-order valence-corrected chi connectivity index (χ2v) is 12.4. The van der Waals surface area contributed by atoms with E-state index in [-0.39, 0.29) is 40.0 Å². The molecule has 1 N–H and O–H groups in total. The van der Waals surface area contributed by atoms with E-state index in [9.17, 15) is 14.7 Å². The maximum absolute atomic E-state index is 13.5. The smallest absolute Gasteiger partial charge is 0.162 e. The van der Waals surface area contributed by atoms with Crippen LogP contribution in [0, 0.1) is 39.9 Å². The fraction of sp³-hybridized carbons (Fsp3) is 0.840. The van der Waals surface area contributed by atoms with Gasteiger partial charge in [-0.05, 0) is 78.9 Å². The molecule has 0 aliphatic heterocycles. The average molecular weight is 419 g/mol. The number of thioether (sulfide) groups is 1.